The molecule has 0 aliphatic heterocycles. The zero-order valence-electron chi connectivity index (χ0n) is 35.4. The SMILES string of the molecule is CC(C)(C)c1cc(N(c2ccc(-c3ccc4c(c3)C(C)(C)c3ccccc3-4)cc2)c2ccc(-c3cccc4c3C(C)(C)c3ccccc3-4)cc2)cc(C(C)(C)C)c1. The monoisotopic (exact) mass is 741 g/mol. The predicted molar refractivity (Wildman–Crippen MR) is 245 cm³/mol. The standard InChI is InChI=1S/C56H55N/c1-53(2,3)39-33-40(54(4,5)6)35-43(34-39)57(41-27-22-36(23-28-41)38-26-31-47-45-16-11-13-20-49(45)55(7,8)51(47)32-38)42-29-24-37(25-30-42)44-18-15-19-48-46-17-12-14-21-50(46)56(9,10)52(44)48/h11-35H,1-10H3. The topological polar surface area (TPSA) is 3.24 Å². The van der Waals surface area contributed by atoms with E-state index < -0.39 is 0 Å². The molecule has 2 aliphatic rings. The quantitative estimate of drug-likeness (QED) is 0.170. The zero-order chi connectivity index (χ0) is 40.1. The van der Waals surface area contributed by atoms with Gasteiger partial charge < -0.3 is 4.90 Å². The van der Waals surface area contributed by atoms with Gasteiger partial charge in [0.15, 0.2) is 0 Å². The van der Waals surface area contributed by atoms with Crippen LogP contribution in [0.5, 0.6) is 0 Å². The second-order valence-electron chi connectivity index (χ2n) is 19.5. The average molecular weight is 742 g/mol. The molecule has 7 aromatic rings. The number of rotatable bonds is 5. The number of benzene rings is 7. The van der Waals surface area contributed by atoms with Crippen molar-refractivity contribution in [3.63, 3.8) is 0 Å². The van der Waals surface area contributed by atoms with Gasteiger partial charge in [-0.15, -0.1) is 0 Å². The van der Waals surface area contributed by atoms with Crippen LogP contribution in [0.2, 0.25) is 0 Å². The van der Waals surface area contributed by atoms with Crippen molar-refractivity contribution in [2.75, 3.05) is 4.90 Å². The molecule has 1 nitrogen and oxygen atoms in total. The van der Waals surface area contributed by atoms with Gasteiger partial charge in [0.1, 0.15) is 0 Å². The summed E-state index contributed by atoms with van der Waals surface area (Å²) in [6, 6.07) is 57.4. The molecule has 0 N–H and O–H groups in total. The lowest BCUT2D eigenvalue weighted by Crippen LogP contribution is -2.19. The largest absolute Gasteiger partial charge is 0.310 e. The maximum Gasteiger partial charge on any atom is 0.0467 e. The van der Waals surface area contributed by atoms with Gasteiger partial charge >= 0.3 is 0 Å². The molecule has 284 valence electrons. The first-order valence-corrected chi connectivity index (χ1v) is 20.7. The maximum atomic E-state index is 2.45. The van der Waals surface area contributed by atoms with E-state index in [9.17, 15) is 0 Å². The average Bonchev–Trinajstić information content (AvgIpc) is 3.57. The van der Waals surface area contributed by atoms with E-state index in [2.05, 4.69) is 226 Å². The van der Waals surface area contributed by atoms with Gasteiger partial charge in [-0.3, -0.25) is 0 Å². The van der Waals surface area contributed by atoms with Gasteiger partial charge in [-0.05, 0) is 131 Å². The fraction of sp³-hybridized carbons (Fsp3) is 0.250. The molecule has 57 heavy (non-hydrogen) atoms. The van der Waals surface area contributed by atoms with E-state index in [1.54, 1.807) is 0 Å². The van der Waals surface area contributed by atoms with Gasteiger partial charge in [0.05, 0.1) is 0 Å². The van der Waals surface area contributed by atoms with Crippen LogP contribution in [0.15, 0.2) is 152 Å². The van der Waals surface area contributed by atoms with Crippen LogP contribution in [-0.2, 0) is 21.7 Å². The molecule has 1 heteroatoms. The van der Waals surface area contributed by atoms with Crippen LogP contribution in [0.25, 0.3) is 44.5 Å². The van der Waals surface area contributed by atoms with Crippen molar-refractivity contribution in [2.45, 2.75) is 90.9 Å². The van der Waals surface area contributed by atoms with E-state index in [-0.39, 0.29) is 21.7 Å². The Hall–Kier alpha value is -5.66. The first-order chi connectivity index (χ1) is 27.0. The minimum Gasteiger partial charge on any atom is -0.310 e. The van der Waals surface area contributed by atoms with Gasteiger partial charge in [-0.2, -0.15) is 0 Å². The van der Waals surface area contributed by atoms with Crippen LogP contribution < -0.4 is 4.90 Å². The summed E-state index contributed by atoms with van der Waals surface area (Å²) in [6.45, 7) is 23.4. The maximum absolute atomic E-state index is 2.45. The molecule has 0 radical (unpaired) electrons. The van der Waals surface area contributed by atoms with Crippen molar-refractivity contribution >= 4 is 17.1 Å². The number of hydrogen-bond donors (Lipinski definition) is 0. The lowest BCUT2D eigenvalue weighted by atomic mass is 9.79. The number of nitrogens with zero attached hydrogens (tertiary/aromatic N) is 1. The van der Waals surface area contributed by atoms with Crippen molar-refractivity contribution in [3.05, 3.63) is 185 Å². The number of fused-ring (bicyclic) bond motifs is 6. The Morgan fingerprint density at radius 1 is 0.351 bits per heavy atom. The first kappa shape index (κ1) is 36.9. The van der Waals surface area contributed by atoms with Crippen LogP contribution in [0.1, 0.15) is 103 Å². The molecule has 0 fully saturated rings. The summed E-state index contributed by atoms with van der Waals surface area (Å²) in [7, 11) is 0. The summed E-state index contributed by atoms with van der Waals surface area (Å²) in [5, 5.41) is 0. The van der Waals surface area contributed by atoms with Gasteiger partial charge in [0.2, 0.25) is 0 Å². The van der Waals surface area contributed by atoms with Crippen LogP contribution in [0, 0.1) is 0 Å². The predicted octanol–water partition coefficient (Wildman–Crippen LogP) is 15.7. The van der Waals surface area contributed by atoms with E-state index in [4.69, 9.17) is 0 Å². The molecule has 0 aromatic heterocycles. The highest BCUT2D eigenvalue weighted by Crippen LogP contribution is 2.53. The van der Waals surface area contributed by atoms with Gasteiger partial charge in [-0.25, -0.2) is 0 Å². The lowest BCUT2D eigenvalue weighted by molar-refractivity contribution is 0.569. The van der Waals surface area contributed by atoms with E-state index in [0.717, 1.165) is 11.4 Å². The Balaban J connectivity index is 1.14. The Labute approximate surface area is 341 Å². The molecular weight excluding hydrogens is 687 g/mol. The molecule has 0 spiro atoms. The minimum absolute atomic E-state index is 0.00549. The summed E-state index contributed by atoms with van der Waals surface area (Å²) in [5.74, 6) is 0. The van der Waals surface area contributed by atoms with Gasteiger partial charge in [0.25, 0.3) is 0 Å². The summed E-state index contributed by atoms with van der Waals surface area (Å²) in [4.78, 5) is 2.45. The highest BCUT2D eigenvalue weighted by atomic mass is 15.1. The highest BCUT2D eigenvalue weighted by molar-refractivity contribution is 5.89. The molecule has 7 aromatic carbocycles. The van der Waals surface area contributed by atoms with Crippen LogP contribution in [0.3, 0.4) is 0 Å². The molecule has 0 atom stereocenters. The molecule has 0 saturated heterocycles. The fourth-order valence-corrected chi connectivity index (χ4v) is 9.62. The van der Waals surface area contributed by atoms with E-state index in [1.807, 2.05) is 0 Å². The van der Waals surface area contributed by atoms with Crippen LogP contribution in [0.4, 0.5) is 17.1 Å². The molecule has 0 saturated carbocycles. The molecule has 0 amide bonds. The number of hydrogen-bond acceptors (Lipinski definition) is 1. The second kappa shape index (κ2) is 12.9. The third kappa shape index (κ3) is 6.06. The molecular formula is C56H55N. The fourth-order valence-electron chi connectivity index (χ4n) is 9.62. The van der Waals surface area contributed by atoms with Crippen LogP contribution in [-0.4, -0.2) is 0 Å². The minimum atomic E-state index is -0.0791. The van der Waals surface area contributed by atoms with Crippen molar-refractivity contribution in [3.8, 4) is 44.5 Å². The smallest absolute Gasteiger partial charge is 0.0467 e. The molecule has 0 heterocycles. The molecule has 0 bridgehead atoms. The Kier molecular flexibility index (Phi) is 8.38. The van der Waals surface area contributed by atoms with Crippen LogP contribution >= 0.6 is 0 Å². The zero-order valence-corrected chi connectivity index (χ0v) is 35.4. The van der Waals surface area contributed by atoms with E-state index in [0.29, 0.717) is 0 Å². The highest BCUT2D eigenvalue weighted by Gasteiger charge is 2.38. The van der Waals surface area contributed by atoms with Crippen molar-refractivity contribution in [2.24, 2.45) is 0 Å². The van der Waals surface area contributed by atoms with Gasteiger partial charge in [-0.1, -0.05) is 178 Å². The summed E-state index contributed by atoms with van der Waals surface area (Å²) in [5.41, 5.74) is 22.1. The summed E-state index contributed by atoms with van der Waals surface area (Å²) < 4.78 is 0. The number of anilines is 3. The van der Waals surface area contributed by atoms with E-state index >= 15 is 0 Å². The Bertz CT molecular complexity index is 2640. The summed E-state index contributed by atoms with van der Waals surface area (Å²) >= 11 is 0. The lowest BCUT2D eigenvalue weighted by Gasteiger charge is -2.31. The molecule has 9 rings (SSSR count). The Morgan fingerprint density at radius 2 is 0.807 bits per heavy atom. The van der Waals surface area contributed by atoms with Crippen molar-refractivity contribution in [1.29, 1.82) is 0 Å². The second-order valence-corrected chi connectivity index (χ2v) is 19.5. The Morgan fingerprint density at radius 3 is 1.39 bits per heavy atom. The first-order valence-electron chi connectivity index (χ1n) is 20.7. The third-order valence-electron chi connectivity index (χ3n) is 13.0. The van der Waals surface area contributed by atoms with E-state index in [1.165, 1.54) is 83.6 Å². The molecule has 0 unspecified atom stereocenters. The molecule has 2 aliphatic carbocycles. The third-order valence-corrected chi connectivity index (χ3v) is 13.0. The van der Waals surface area contributed by atoms with Crippen molar-refractivity contribution in [1.82, 2.24) is 0 Å². The van der Waals surface area contributed by atoms with Crippen molar-refractivity contribution < 1.29 is 0 Å². The normalized spacial score (nSPS) is 14.8. The summed E-state index contributed by atoms with van der Waals surface area (Å²) in [6.07, 6.45) is 0. The van der Waals surface area contributed by atoms with Gasteiger partial charge in [0, 0.05) is 27.9 Å².